The molecule has 2 rings (SSSR count). The number of ether oxygens (including phenoxy) is 1. The van der Waals surface area contributed by atoms with E-state index < -0.39 is 0 Å². The van der Waals surface area contributed by atoms with Crippen LogP contribution in [0.15, 0.2) is 36.7 Å². The second kappa shape index (κ2) is 4.28. The Bertz CT molecular complexity index is 459. The van der Waals surface area contributed by atoms with Crippen molar-refractivity contribution in [3.8, 4) is 17.1 Å². The van der Waals surface area contributed by atoms with Crippen molar-refractivity contribution < 1.29 is 4.74 Å². The Labute approximate surface area is 92.7 Å². The highest BCUT2D eigenvalue weighted by molar-refractivity contribution is 6.33. The second-order valence-electron chi connectivity index (χ2n) is 2.92. The highest BCUT2D eigenvalue weighted by Crippen LogP contribution is 2.27. The minimum absolute atomic E-state index is 0.528. The van der Waals surface area contributed by atoms with Gasteiger partial charge >= 0.3 is 0 Å². The van der Waals surface area contributed by atoms with E-state index in [-0.39, 0.29) is 0 Å². The fraction of sp³-hybridized carbons (Fsp3) is 0.0909. The van der Waals surface area contributed by atoms with Gasteiger partial charge in [-0.25, -0.2) is 4.98 Å². The van der Waals surface area contributed by atoms with Crippen LogP contribution in [0.2, 0.25) is 5.02 Å². The van der Waals surface area contributed by atoms with Gasteiger partial charge in [0.05, 0.1) is 24.0 Å². The molecule has 0 saturated carbocycles. The van der Waals surface area contributed by atoms with Crippen molar-refractivity contribution in [1.82, 2.24) is 9.97 Å². The van der Waals surface area contributed by atoms with E-state index in [9.17, 15) is 0 Å². The maximum Gasteiger partial charge on any atom is 0.213 e. The van der Waals surface area contributed by atoms with Crippen molar-refractivity contribution in [3.05, 3.63) is 41.7 Å². The zero-order valence-corrected chi connectivity index (χ0v) is 8.90. The summed E-state index contributed by atoms with van der Waals surface area (Å²) in [4.78, 5) is 8.22. The molecule has 0 spiro atoms. The van der Waals surface area contributed by atoms with Crippen molar-refractivity contribution in [2.45, 2.75) is 0 Å². The minimum atomic E-state index is 0.528. The van der Waals surface area contributed by atoms with Gasteiger partial charge in [-0.05, 0) is 12.1 Å². The number of halogens is 1. The first kappa shape index (κ1) is 9.93. The summed E-state index contributed by atoms with van der Waals surface area (Å²) in [6, 6.07) is 7.42. The van der Waals surface area contributed by atoms with Crippen LogP contribution in [0, 0.1) is 0 Å². The van der Waals surface area contributed by atoms with Crippen molar-refractivity contribution in [2.24, 2.45) is 0 Å². The topological polar surface area (TPSA) is 35.0 Å². The summed E-state index contributed by atoms with van der Waals surface area (Å²) in [5.74, 6) is 0.528. The molecule has 0 aliphatic carbocycles. The van der Waals surface area contributed by atoms with E-state index in [1.165, 1.54) is 0 Å². The molecule has 0 aromatic carbocycles. The number of aromatic nitrogens is 2. The molecule has 76 valence electrons. The standard InChI is InChI=1S/C11H9ClN2O/c1-15-11-6-8(9(12)7-14-11)10-4-2-3-5-13-10/h2-7H,1H3. The molecule has 4 heteroatoms. The molecule has 15 heavy (non-hydrogen) atoms. The van der Waals surface area contributed by atoms with Crippen molar-refractivity contribution in [1.29, 1.82) is 0 Å². The highest BCUT2D eigenvalue weighted by Gasteiger charge is 2.06. The van der Waals surface area contributed by atoms with E-state index in [2.05, 4.69) is 9.97 Å². The van der Waals surface area contributed by atoms with Gasteiger partial charge in [0.15, 0.2) is 0 Å². The van der Waals surface area contributed by atoms with Gasteiger partial charge in [-0.3, -0.25) is 4.98 Å². The van der Waals surface area contributed by atoms with Gasteiger partial charge in [-0.15, -0.1) is 0 Å². The van der Waals surface area contributed by atoms with Crippen LogP contribution in [-0.2, 0) is 0 Å². The highest BCUT2D eigenvalue weighted by atomic mass is 35.5. The molecule has 0 atom stereocenters. The Morgan fingerprint density at radius 1 is 1.27 bits per heavy atom. The molecule has 2 aromatic heterocycles. The number of methoxy groups -OCH3 is 1. The molecule has 0 unspecified atom stereocenters. The van der Waals surface area contributed by atoms with Gasteiger partial charge in [0.1, 0.15) is 0 Å². The van der Waals surface area contributed by atoms with E-state index in [1.807, 2.05) is 18.2 Å². The summed E-state index contributed by atoms with van der Waals surface area (Å²) in [6.45, 7) is 0. The summed E-state index contributed by atoms with van der Waals surface area (Å²) >= 11 is 6.03. The Morgan fingerprint density at radius 3 is 2.80 bits per heavy atom. The number of rotatable bonds is 2. The van der Waals surface area contributed by atoms with Gasteiger partial charge in [0.25, 0.3) is 0 Å². The van der Waals surface area contributed by atoms with Crippen molar-refractivity contribution >= 4 is 11.6 Å². The fourth-order valence-corrected chi connectivity index (χ4v) is 1.45. The number of nitrogens with zero attached hydrogens (tertiary/aromatic N) is 2. The summed E-state index contributed by atoms with van der Waals surface area (Å²) in [7, 11) is 1.57. The van der Waals surface area contributed by atoms with Crippen molar-refractivity contribution in [3.63, 3.8) is 0 Å². The van der Waals surface area contributed by atoms with Crippen LogP contribution in [-0.4, -0.2) is 17.1 Å². The van der Waals surface area contributed by atoms with E-state index in [0.29, 0.717) is 10.9 Å². The zero-order valence-electron chi connectivity index (χ0n) is 8.14. The van der Waals surface area contributed by atoms with Gasteiger partial charge < -0.3 is 4.74 Å². The molecule has 0 aliphatic rings. The summed E-state index contributed by atoms with van der Waals surface area (Å²) in [5.41, 5.74) is 1.63. The molecule has 2 aromatic rings. The maximum atomic E-state index is 6.03. The van der Waals surface area contributed by atoms with Crippen LogP contribution in [0.25, 0.3) is 11.3 Å². The van der Waals surface area contributed by atoms with Crippen LogP contribution in [0.1, 0.15) is 0 Å². The molecular weight excluding hydrogens is 212 g/mol. The average Bonchev–Trinajstić information content (AvgIpc) is 2.31. The Morgan fingerprint density at radius 2 is 2.13 bits per heavy atom. The molecule has 0 aliphatic heterocycles. The summed E-state index contributed by atoms with van der Waals surface area (Å²) in [5, 5.41) is 0.564. The summed E-state index contributed by atoms with van der Waals surface area (Å²) < 4.78 is 5.03. The van der Waals surface area contributed by atoms with Crippen LogP contribution < -0.4 is 4.74 Å². The fourth-order valence-electron chi connectivity index (χ4n) is 1.25. The van der Waals surface area contributed by atoms with E-state index >= 15 is 0 Å². The van der Waals surface area contributed by atoms with Crippen LogP contribution in [0.5, 0.6) is 5.88 Å². The van der Waals surface area contributed by atoms with Crippen LogP contribution in [0.4, 0.5) is 0 Å². The molecule has 0 radical (unpaired) electrons. The van der Waals surface area contributed by atoms with Crippen LogP contribution >= 0.6 is 11.6 Å². The molecule has 0 fully saturated rings. The molecule has 0 amide bonds. The molecule has 0 N–H and O–H groups in total. The molecular formula is C11H9ClN2O. The first-order valence-electron chi connectivity index (χ1n) is 4.42. The monoisotopic (exact) mass is 220 g/mol. The van der Waals surface area contributed by atoms with Crippen molar-refractivity contribution in [2.75, 3.05) is 7.11 Å². The first-order chi connectivity index (χ1) is 7.31. The van der Waals surface area contributed by atoms with Gasteiger partial charge in [-0.1, -0.05) is 17.7 Å². The lowest BCUT2D eigenvalue weighted by atomic mass is 10.2. The lowest BCUT2D eigenvalue weighted by molar-refractivity contribution is 0.398. The maximum absolute atomic E-state index is 6.03. The SMILES string of the molecule is COc1cc(-c2ccccn2)c(Cl)cn1. The third-order valence-corrected chi connectivity index (χ3v) is 2.28. The van der Waals surface area contributed by atoms with E-state index in [1.54, 1.807) is 25.6 Å². The summed E-state index contributed by atoms with van der Waals surface area (Å²) in [6.07, 6.45) is 3.28. The molecule has 3 nitrogen and oxygen atoms in total. The third kappa shape index (κ3) is 2.07. The molecule has 0 bridgehead atoms. The van der Waals surface area contributed by atoms with Gasteiger partial charge in [-0.2, -0.15) is 0 Å². The van der Waals surface area contributed by atoms with Gasteiger partial charge in [0, 0.05) is 17.8 Å². The Balaban J connectivity index is 2.52. The largest absolute Gasteiger partial charge is 0.481 e. The van der Waals surface area contributed by atoms with E-state index in [0.717, 1.165) is 11.3 Å². The second-order valence-corrected chi connectivity index (χ2v) is 3.33. The lowest BCUT2D eigenvalue weighted by Crippen LogP contribution is -1.90. The third-order valence-electron chi connectivity index (χ3n) is 1.98. The van der Waals surface area contributed by atoms with Crippen LogP contribution in [0.3, 0.4) is 0 Å². The average molecular weight is 221 g/mol. The van der Waals surface area contributed by atoms with E-state index in [4.69, 9.17) is 16.3 Å². The Hall–Kier alpha value is -1.61. The normalized spacial score (nSPS) is 10.0. The predicted octanol–water partition coefficient (Wildman–Crippen LogP) is 2.81. The number of pyridine rings is 2. The number of hydrogen-bond acceptors (Lipinski definition) is 3. The zero-order chi connectivity index (χ0) is 10.7. The Kier molecular flexibility index (Phi) is 2.83. The predicted molar refractivity (Wildman–Crippen MR) is 59.0 cm³/mol. The lowest BCUT2D eigenvalue weighted by Gasteiger charge is -2.05. The minimum Gasteiger partial charge on any atom is -0.481 e. The number of hydrogen-bond donors (Lipinski definition) is 0. The smallest absolute Gasteiger partial charge is 0.213 e. The quantitative estimate of drug-likeness (QED) is 0.781. The first-order valence-corrected chi connectivity index (χ1v) is 4.80. The van der Waals surface area contributed by atoms with Gasteiger partial charge in [0.2, 0.25) is 5.88 Å². The molecule has 0 saturated heterocycles. The molecule has 2 heterocycles.